The highest BCUT2D eigenvalue weighted by atomic mass is 19.4. The smallest absolute Gasteiger partial charge is 0.356 e. The standard InChI is InChI=1S/C22H29F3N6/c1-4-21(5-2)13-31(12-10-16(21)26)17-9-8-15(22(23,24)25)18(28-17)19-14-7-6-11-27-20(14)29-30(19)3/h6-9,11,15-16H,4-5,10,12-13,26H2,1-3H3,(H,27,29). The third-order valence-corrected chi connectivity index (χ3v) is 6.97. The molecule has 4 rings (SSSR count). The zero-order valence-electron chi connectivity index (χ0n) is 18.1. The van der Waals surface area contributed by atoms with Gasteiger partial charge in [0, 0.05) is 43.4 Å². The number of piperidine rings is 1. The molecule has 9 heteroatoms. The second kappa shape index (κ2) is 7.85. The van der Waals surface area contributed by atoms with Gasteiger partial charge in [0.15, 0.2) is 5.82 Å². The lowest BCUT2D eigenvalue weighted by molar-refractivity contribution is -0.151. The fraction of sp³-hybridized carbons (Fsp3) is 0.545. The minimum atomic E-state index is -4.44. The van der Waals surface area contributed by atoms with Crippen LogP contribution in [0.1, 0.15) is 38.7 Å². The molecule has 1 fully saturated rings. The molecule has 0 aromatic carbocycles. The molecule has 0 aliphatic carbocycles. The van der Waals surface area contributed by atoms with Gasteiger partial charge in [-0.05, 0) is 37.5 Å². The molecule has 0 saturated carbocycles. The number of halogens is 3. The zero-order valence-corrected chi connectivity index (χ0v) is 18.1. The first-order valence-corrected chi connectivity index (χ1v) is 10.7. The van der Waals surface area contributed by atoms with Crippen molar-refractivity contribution in [3.8, 4) is 0 Å². The number of aliphatic imine (C=N–C) groups is 1. The van der Waals surface area contributed by atoms with Crippen LogP contribution in [0.5, 0.6) is 0 Å². The van der Waals surface area contributed by atoms with Gasteiger partial charge in [-0.25, -0.2) is 9.98 Å². The van der Waals surface area contributed by atoms with Gasteiger partial charge in [0.25, 0.3) is 0 Å². The Morgan fingerprint density at radius 1 is 1.29 bits per heavy atom. The Kier molecular flexibility index (Phi) is 5.49. The first kappa shape index (κ1) is 21.7. The molecular formula is C22H29F3N6. The number of alkyl halides is 3. The van der Waals surface area contributed by atoms with Crippen LogP contribution in [0.3, 0.4) is 0 Å². The van der Waals surface area contributed by atoms with E-state index < -0.39 is 12.1 Å². The molecule has 1 saturated heterocycles. The van der Waals surface area contributed by atoms with Gasteiger partial charge in [0.1, 0.15) is 11.8 Å². The lowest BCUT2D eigenvalue weighted by atomic mass is 9.72. The van der Waals surface area contributed by atoms with E-state index in [4.69, 9.17) is 5.73 Å². The van der Waals surface area contributed by atoms with Gasteiger partial charge in [-0.3, -0.25) is 10.4 Å². The molecule has 1 aromatic rings. The van der Waals surface area contributed by atoms with E-state index in [1.807, 2.05) is 0 Å². The van der Waals surface area contributed by atoms with Gasteiger partial charge in [0.05, 0.1) is 11.4 Å². The number of nitrogens with two attached hydrogens (primary N) is 1. The minimum absolute atomic E-state index is 0.0137. The Morgan fingerprint density at radius 3 is 2.71 bits per heavy atom. The number of fused-ring (bicyclic) bond motifs is 1. The Bertz CT molecular complexity index is 931. The van der Waals surface area contributed by atoms with Gasteiger partial charge >= 0.3 is 6.18 Å². The van der Waals surface area contributed by atoms with Crippen molar-refractivity contribution in [1.82, 2.24) is 14.9 Å². The van der Waals surface area contributed by atoms with E-state index in [1.54, 1.807) is 30.4 Å². The quantitative estimate of drug-likeness (QED) is 0.736. The van der Waals surface area contributed by atoms with Crippen molar-refractivity contribution in [3.05, 3.63) is 41.7 Å². The Morgan fingerprint density at radius 2 is 2.03 bits per heavy atom. The highest BCUT2D eigenvalue weighted by Gasteiger charge is 2.46. The van der Waals surface area contributed by atoms with E-state index in [1.165, 1.54) is 12.2 Å². The van der Waals surface area contributed by atoms with Crippen LogP contribution < -0.4 is 11.2 Å². The molecule has 31 heavy (non-hydrogen) atoms. The zero-order chi connectivity index (χ0) is 22.4. The maximum Gasteiger partial charge on any atom is 0.400 e. The van der Waals surface area contributed by atoms with E-state index >= 15 is 0 Å². The summed E-state index contributed by atoms with van der Waals surface area (Å²) in [7, 11) is 1.68. The molecule has 0 bridgehead atoms. The Hall–Kier alpha value is -2.55. The van der Waals surface area contributed by atoms with Crippen molar-refractivity contribution >= 4 is 17.4 Å². The van der Waals surface area contributed by atoms with Crippen LogP contribution in [-0.2, 0) is 0 Å². The van der Waals surface area contributed by atoms with E-state index in [-0.39, 0.29) is 17.2 Å². The monoisotopic (exact) mass is 434 g/mol. The number of amidine groups is 1. The van der Waals surface area contributed by atoms with Crippen molar-refractivity contribution in [1.29, 1.82) is 0 Å². The van der Waals surface area contributed by atoms with Gasteiger partial charge in [0.2, 0.25) is 0 Å². The molecule has 4 heterocycles. The highest BCUT2D eigenvalue weighted by Crippen LogP contribution is 2.44. The number of hydrogen-bond donors (Lipinski definition) is 2. The number of rotatable bonds is 2. The second-order valence-electron chi connectivity index (χ2n) is 8.54. The third kappa shape index (κ3) is 3.69. The first-order valence-electron chi connectivity index (χ1n) is 10.7. The molecule has 168 valence electrons. The lowest BCUT2D eigenvalue weighted by Crippen LogP contribution is -2.56. The molecule has 0 spiro atoms. The number of dihydropyridines is 1. The summed E-state index contributed by atoms with van der Waals surface area (Å²) in [5.74, 6) is -0.692. The molecular weight excluding hydrogens is 405 g/mol. The van der Waals surface area contributed by atoms with Crippen molar-refractivity contribution in [2.75, 3.05) is 25.6 Å². The van der Waals surface area contributed by atoms with Gasteiger partial charge in [-0.15, -0.1) is 0 Å². The van der Waals surface area contributed by atoms with Crippen molar-refractivity contribution in [2.45, 2.75) is 45.3 Å². The second-order valence-corrected chi connectivity index (χ2v) is 8.54. The number of aromatic nitrogens is 1. The molecule has 3 aliphatic rings. The third-order valence-electron chi connectivity index (χ3n) is 6.97. The van der Waals surface area contributed by atoms with E-state index in [0.29, 0.717) is 36.0 Å². The summed E-state index contributed by atoms with van der Waals surface area (Å²) in [6.45, 7) is 5.62. The number of hydrogen-bond acceptors (Lipinski definition) is 6. The SMILES string of the molecule is CCC1(CC)CN(C2=NC(=C3c4cccnc4NN3C)C(C(F)(F)F)C=C2)CCC1N. The molecule has 2 unspecified atom stereocenters. The molecule has 3 aliphatic heterocycles. The summed E-state index contributed by atoms with van der Waals surface area (Å²) < 4.78 is 41.9. The summed E-state index contributed by atoms with van der Waals surface area (Å²) in [6, 6.07) is 3.56. The Balaban J connectivity index is 1.79. The van der Waals surface area contributed by atoms with Crippen molar-refractivity contribution < 1.29 is 13.2 Å². The van der Waals surface area contributed by atoms with E-state index in [0.717, 1.165) is 19.3 Å². The predicted octanol–water partition coefficient (Wildman–Crippen LogP) is 4.01. The number of nitrogens with zero attached hydrogens (tertiary/aromatic N) is 4. The van der Waals surface area contributed by atoms with E-state index in [9.17, 15) is 13.2 Å². The molecule has 2 atom stereocenters. The topological polar surface area (TPSA) is 69.8 Å². The molecule has 3 N–H and O–H groups in total. The fourth-order valence-corrected chi connectivity index (χ4v) is 4.91. The predicted molar refractivity (Wildman–Crippen MR) is 116 cm³/mol. The number of anilines is 1. The number of pyridine rings is 1. The van der Waals surface area contributed by atoms with Crippen LogP contribution in [-0.4, -0.2) is 53.1 Å². The summed E-state index contributed by atoms with van der Waals surface area (Å²) in [4.78, 5) is 10.9. The molecule has 0 amide bonds. The normalized spacial score (nSPS) is 27.8. The van der Waals surface area contributed by atoms with E-state index in [2.05, 4.69) is 34.1 Å². The van der Waals surface area contributed by atoms with Crippen molar-refractivity contribution in [3.63, 3.8) is 0 Å². The largest absolute Gasteiger partial charge is 0.400 e. The number of likely N-dealkylation sites (tertiary alicyclic amines) is 1. The van der Waals surface area contributed by atoms with Crippen molar-refractivity contribution in [2.24, 2.45) is 22.1 Å². The van der Waals surface area contributed by atoms with Gasteiger partial charge in [-0.1, -0.05) is 19.9 Å². The molecule has 6 nitrogen and oxygen atoms in total. The van der Waals surface area contributed by atoms with Crippen LogP contribution in [0.25, 0.3) is 5.70 Å². The van der Waals surface area contributed by atoms with Crippen LogP contribution in [0.2, 0.25) is 0 Å². The van der Waals surface area contributed by atoms with Crippen LogP contribution >= 0.6 is 0 Å². The summed E-state index contributed by atoms with van der Waals surface area (Å²) in [5, 5.41) is 1.57. The first-order chi connectivity index (χ1) is 14.7. The number of nitrogens with one attached hydrogen (secondary N) is 1. The van der Waals surface area contributed by atoms with Crippen LogP contribution in [0, 0.1) is 11.3 Å². The molecule has 0 radical (unpaired) electrons. The number of hydrazine groups is 1. The summed E-state index contributed by atoms with van der Waals surface area (Å²) in [5.41, 5.74) is 10.4. The molecule has 1 aromatic heterocycles. The van der Waals surface area contributed by atoms with Crippen LogP contribution in [0.15, 0.2) is 41.2 Å². The highest BCUT2D eigenvalue weighted by molar-refractivity contribution is 5.96. The maximum atomic E-state index is 14.0. The average molecular weight is 435 g/mol. The summed E-state index contributed by atoms with van der Waals surface area (Å²) in [6.07, 6.45) is 2.53. The van der Waals surface area contributed by atoms with Gasteiger partial charge in [-0.2, -0.15) is 13.2 Å². The van der Waals surface area contributed by atoms with Gasteiger partial charge < -0.3 is 10.6 Å². The fourth-order valence-electron chi connectivity index (χ4n) is 4.91. The minimum Gasteiger partial charge on any atom is -0.356 e. The maximum absolute atomic E-state index is 14.0. The number of allylic oxidation sites excluding steroid dienone is 1. The Labute approximate surface area is 180 Å². The average Bonchev–Trinajstić information content (AvgIpc) is 3.09. The van der Waals surface area contributed by atoms with Crippen LogP contribution in [0.4, 0.5) is 19.0 Å². The summed E-state index contributed by atoms with van der Waals surface area (Å²) >= 11 is 0. The lowest BCUT2D eigenvalue weighted by Gasteiger charge is -2.47.